The number of rotatable bonds is 6. The van der Waals surface area contributed by atoms with Crippen LogP contribution in [0.25, 0.3) is 0 Å². The quantitative estimate of drug-likeness (QED) is 0.799. The predicted molar refractivity (Wildman–Crippen MR) is 68.1 cm³/mol. The second-order valence-corrected chi connectivity index (χ2v) is 5.15. The van der Waals surface area contributed by atoms with Crippen molar-refractivity contribution in [1.82, 2.24) is 9.88 Å². The van der Waals surface area contributed by atoms with Crippen LogP contribution >= 0.6 is 0 Å². The van der Waals surface area contributed by atoms with Gasteiger partial charge in [-0.15, -0.1) is 0 Å². The lowest BCUT2D eigenvalue weighted by atomic mass is 10.0. The van der Waals surface area contributed by atoms with Crippen molar-refractivity contribution in [3.63, 3.8) is 0 Å². The van der Waals surface area contributed by atoms with E-state index in [-0.39, 0.29) is 5.54 Å². The molecule has 3 nitrogen and oxygen atoms in total. The molecule has 3 heteroatoms. The highest BCUT2D eigenvalue weighted by molar-refractivity contribution is 5.02. The molecule has 1 rings (SSSR count). The van der Waals surface area contributed by atoms with Gasteiger partial charge in [0.1, 0.15) is 0 Å². The third kappa shape index (κ3) is 5.83. The summed E-state index contributed by atoms with van der Waals surface area (Å²) >= 11 is 0. The fourth-order valence-corrected chi connectivity index (χ4v) is 1.65. The summed E-state index contributed by atoms with van der Waals surface area (Å²) in [5, 5.41) is 0. The summed E-state index contributed by atoms with van der Waals surface area (Å²) in [5.74, 6) is 0. The van der Waals surface area contributed by atoms with Crippen molar-refractivity contribution < 1.29 is 0 Å². The fourth-order valence-electron chi connectivity index (χ4n) is 1.65. The van der Waals surface area contributed by atoms with Gasteiger partial charge in [0, 0.05) is 18.3 Å². The van der Waals surface area contributed by atoms with Gasteiger partial charge in [-0.25, -0.2) is 0 Å². The van der Waals surface area contributed by atoms with Gasteiger partial charge in [0.05, 0.1) is 5.69 Å². The molecular weight excluding hydrogens is 198 g/mol. The van der Waals surface area contributed by atoms with Crippen LogP contribution in [0.4, 0.5) is 0 Å². The summed E-state index contributed by atoms with van der Waals surface area (Å²) in [6, 6.07) is 6.03. The summed E-state index contributed by atoms with van der Waals surface area (Å²) in [6.45, 7) is 6.13. The van der Waals surface area contributed by atoms with Crippen LogP contribution in [0.2, 0.25) is 0 Å². The molecule has 0 aromatic carbocycles. The maximum Gasteiger partial charge on any atom is 0.0543 e. The van der Waals surface area contributed by atoms with Gasteiger partial charge < -0.3 is 10.6 Å². The van der Waals surface area contributed by atoms with Crippen LogP contribution in [0.15, 0.2) is 24.4 Å². The number of nitrogens with zero attached hydrogens (tertiary/aromatic N) is 2. The first-order valence-corrected chi connectivity index (χ1v) is 5.85. The Morgan fingerprint density at radius 3 is 2.69 bits per heavy atom. The van der Waals surface area contributed by atoms with Gasteiger partial charge in [0.2, 0.25) is 0 Å². The Hall–Kier alpha value is -0.930. The third-order valence-electron chi connectivity index (χ3n) is 2.52. The molecule has 16 heavy (non-hydrogen) atoms. The van der Waals surface area contributed by atoms with E-state index in [4.69, 9.17) is 5.73 Å². The molecule has 2 N–H and O–H groups in total. The summed E-state index contributed by atoms with van der Waals surface area (Å²) in [4.78, 5) is 6.59. The third-order valence-corrected chi connectivity index (χ3v) is 2.52. The minimum absolute atomic E-state index is 0.0498. The summed E-state index contributed by atoms with van der Waals surface area (Å²) in [7, 11) is 2.12. The lowest BCUT2D eigenvalue weighted by Gasteiger charge is -2.21. The Morgan fingerprint density at radius 2 is 2.12 bits per heavy atom. The highest BCUT2D eigenvalue weighted by Gasteiger charge is 2.10. The molecule has 0 atom stereocenters. The molecule has 0 amide bonds. The summed E-state index contributed by atoms with van der Waals surface area (Å²) in [6.07, 6.45) is 4.03. The van der Waals surface area contributed by atoms with Gasteiger partial charge in [-0.3, -0.25) is 4.98 Å². The zero-order valence-electron chi connectivity index (χ0n) is 10.6. The van der Waals surface area contributed by atoms with E-state index in [1.54, 1.807) is 0 Å². The molecule has 0 spiro atoms. The van der Waals surface area contributed by atoms with Gasteiger partial charge in [-0.2, -0.15) is 0 Å². The predicted octanol–water partition coefficient (Wildman–Crippen LogP) is 2.03. The van der Waals surface area contributed by atoms with Crippen LogP contribution in [0.1, 0.15) is 32.4 Å². The highest BCUT2D eigenvalue weighted by atomic mass is 15.1. The molecule has 0 aliphatic carbocycles. The SMILES string of the molecule is CN(CCCC(C)(C)N)Cc1ccccn1. The maximum atomic E-state index is 5.94. The molecule has 0 saturated carbocycles. The van der Waals surface area contributed by atoms with Crippen LogP contribution in [-0.2, 0) is 6.54 Å². The van der Waals surface area contributed by atoms with Crippen molar-refractivity contribution in [2.75, 3.05) is 13.6 Å². The Morgan fingerprint density at radius 1 is 1.38 bits per heavy atom. The first kappa shape index (κ1) is 13.1. The minimum Gasteiger partial charge on any atom is -0.326 e. The molecule has 0 unspecified atom stereocenters. The first-order chi connectivity index (χ1) is 7.47. The van der Waals surface area contributed by atoms with E-state index in [2.05, 4.69) is 36.8 Å². The molecule has 0 aliphatic heterocycles. The van der Waals surface area contributed by atoms with E-state index >= 15 is 0 Å². The number of nitrogens with two attached hydrogens (primary N) is 1. The Labute approximate surface area is 98.7 Å². The van der Waals surface area contributed by atoms with Crippen LogP contribution < -0.4 is 5.73 Å². The monoisotopic (exact) mass is 221 g/mol. The summed E-state index contributed by atoms with van der Waals surface area (Å²) < 4.78 is 0. The second kappa shape index (κ2) is 5.97. The maximum absolute atomic E-state index is 5.94. The second-order valence-electron chi connectivity index (χ2n) is 5.15. The molecular formula is C13H23N3. The molecule has 0 saturated heterocycles. The van der Waals surface area contributed by atoms with Gasteiger partial charge in [0.25, 0.3) is 0 Å². The standard InChI is InChI=1S/C13H23N3/c1-13(2,14)8-6-10-16(3)11-12-7-4-5-9-15-12/h4-5,7,9H,6,8,10-11,14H2,1-3H3. The largest absolute Gasteiger partial charge is 0.326 e. The first-order valence-electron chi connectivity index (χ1n) is 5.85. The molecule has 0 fully saturated rings. The highest BCUT2D eigenvalue weighted by Crippen LogP contribution is 2.08. The Kier molecular flexibility index (Phi) is 4.90. The number of pyridine rings is 1. The van der Waals surface area contributed by atoms with Crippen molar-refractivity contribution in [2.45, 2.75) is 38.8 Å². The van der Waals surface area contributed by atoms with Crippen LogP contribution in [0.3, 0.4) is 0 Å². The molecule has 0 aliphatic rings. The van der Waals surface area contributed by atoms with E-state index in [0.29, 0.717) is 0 Å². The molecule has 1 heterocycles. The van der Waals surface area contributed by atoms with Crippen molar-refractivity contribution >= 4 is 0 Å². The van der Waals surface area contributed by atoms with Crippen LogP contribution in [0, 0.1) is 0 Å². The van der Waals surface area contributed by atoms with Gasteiger partial charge in [0.15, 0.2) is 0 Å². The van der Waals surface area contributed by atoms with E-state index in [1.807, 2.05) is 18.3 Å². The van der Waals surface area contributed by atoms with Crippen molar-refractivity contribution in [2.24, 2.45) is 5.73 Å². The van der Waals surface area contributed by atoms with E-state index in [1.165, 1.54) is 0 Å². The Bertz CT molecular complexity index is 290. The molecule has 90 valence electrons. The lowest BCUT2D eigenvalue weighted by molar-refractivity contribution is 0.300. The normalized spacial score (nSPS) is 12.1. The van der Waals surface area contributed by atoms with Crippen molar-refractivity contribution in [3.05, 3.63) is 30.1 Å². The number of aromatic nitrogens is 1. The Balaban J connectivity index is 2.24. The zero-order chi connectivity index (χ0) is 12.0. The van der Waals surface area contributed by atoms with E-state index < -0.39 is 0 Å². The molecule has 0 bridgehead atoms. The van der Waals surface area contributed by atoms with Gasteiger partial charge in [-0.1, -0.05) is 6.07 Å². The smallest absolute Gasteiger partial charge is 0.0543 e. The topological polar surface area (TPSA) is 42.1 Å². The van der Waals surface area contributed by atoms with E-state index in [0.717, 1.165) is 31.6 Å². The fraction of sp³-hybridized carbons (Fsp3) is 0.615. The molecule has 0 radical (unpaired) electrons. The van der Waals surface area contributed by atoms with Crippen molar-refractivity contribution in [3.8, 4) is 0 Å². The average Bonchev–Trinajstić information content (AvgIpc) is 2.17. The minimum atomic E-state index is -0.0498. The molecule has 1 aromatic heterocycles. The van der Waals surface area contributed by atoms with E-state index in [9.17, 15) is 0 Å². The summed E-state index contributed by atoms with van der Waals surface area (Å²) in [5.41, 5.74) is 7.02. The average molecular weight is 221 g/mol. The molecule has 1 aromatic rings. The van der Waals surface area contributed by atoms with Crippen LogP contribution in [0.5, 0.6) is 0 Å². The van der Waals surface area contributed by atoms with Gasteiger partial charge >= 0.3 is 0 Å². The zero-order valence-corrected chi connectivity index (χ0v) is 10.6. The van der Waals surface area contributed by atoms with Crippen molar-refractivity contribution in [1.29, 1.82) is 0 Å². The lowest BCUT2D eigenvalue weighted by Crippen LogP contribution is -2.33. The number of hydrogen-bond acceptors (Lipinski definition) is 3. The number of hydrogen-bond donors (Lipinski definition) is 1. The van der Waals surface area contributed by atoms with Crippen LogP contribution in [-0.4, -0.2) is 29.0 Å². The van der Waals surface area contributed by atoms with Gasteiger partial charge in [-0.05, 0) is 52.4 Å².